The highest BCUT2D eigenvalue weighted by molar-refractivity contribution is 5.94. The van der Waals surface area contributed by atoms with E-state index in [-0.39, 0.29) is 23.7 Å². The molecule has 1 atom stereocenters. The summed E-state index contributed by atoms with van der Waals surface area (Å²) >= 11 is 0. The van der Waals surface area contributed by atoms with Gasteiger partial charge in [-0.2, -0.15) is 0 Å². The highest BCUT2D eigenvalue weighted by Crippen LogP contribution is 2.36. The van der Waals surface area contributed by atoms with Gasteiger partial charge in [0.05, 0.1) is 5.41 Å². The lowest BCUT2D eigenvalue weighted by Gasteiger charge is -2.29. The van der Waals surface area contributed by atoms with Crippen LogP contribution in [0.4, 0.5) is 4.39 Å². The summed E-state index contributed by atoms with van der Waals surface area (Å²) in [6.45, 7) is 4.71. The average molecular weight is 446 g/mol. The number of aromatic nitrogens is 1. The van der Waals surface area contributed by atoms with E-state index in [1.54, 1.807) is 41.4 Å². The van der Waals surface area contributed by atoms with E-state index in [2.05, 4.69) is 10.3 Å². The number of hydrogen-bond acceptors (Lipinski definition) is 3. The van der Waals surface area contributed by atoms with Crippen LogP contribution in [0, 0.1) is 11.2 Å². The first-order valence-corrected chi connectivity index (χ1v) is 11.2. The third-order valence-electron chi connectivity index (χ3n) is 6.07. The molecule has 1 aliphatic rings. The third kappa shape index (κ3) is 5.11. The summed E-state index contributed by atoms with van der Waals surface area (Å²) < 4.78 is 13.3. The number of amides is 2. The molecule has 1 aliphatic heterocycles. The number of likely N-dealkylation sites (tertiary alicyclic amines) is 1. The molecule has 6 heteroatoms. The van der Waals surface area contributed by atoms with Crippen LogP contribution in [0.5, 0.6) is 0 Å². The number of carbonyl (C=O) groups is 2. The van der Waals surface area contributed by atoms with Gasteiger partial charge >= 0.3 is 0 Å². The Morgan fingerprint density at radius 3 is 2.55 bits per heavy atom. The average Bonchev–Trinajstić information content (AvgIpc) is 3.25. The second-order valence-corrected chi connectivity index (χ2v) is 8.98. The summed E-state index contributed by atoms with van der Waals surface area (Å²) in [4.78, 5) is 32.3. The summed E-state index contributed by atoms with van der Waals surface area (Å²) in [5.41, 5.74) is 2.54. The Morgan fingerprint density at radius 1 is 1.06 bits per heavy atom. The predicted octanol–water partition coefficient (Wildman–Crippen LogP) is 4.49. The Bertz CT molecular complexity index is 1130. The van der Waals surface area contributed by atoms with Crippen LogP contribution in [0.15, 0.2) is 72.9 Å². The van der Waals surface area contributed by atoms with E-state index in [4.69, 9.17) is 0 Å². The van der Waals surface area contributed by atoms with Crippen molar-refractivity contribution in [3.63, 3.8) is 0 Å². The minimum atomic E-state index is -0.726. The lowest BCUT2D eigenvalue weighted by Crippen LogP contribution is -2.47. The lowest BCUT2D eigenvalue weighted by atomic mass is 9.79. The van der Waals surface area contributed by atoms with Gasteiger partial charge in [-0.3, -0.25) is 14.6 Å². The van der Waals surface area contributed by atoms with Gasteiger partial charge in [-0.25, -0.2) is 4.39 Å². The zero-order chi connectivity index (χ0) is 23.4. The number of nitrogens with zero attached hydrogens (tertiary/aromatic N) is 2. The van der Waals surface area contributed by atoms with Gasteiger partial charge in [-0.05, 0) is 67.6 Å². The van der Waals surface area contributed by atoms with Crippen LogP contribution >= 0.6 is 0 Å². The first kappa shape index (κ1) is 22.6. The van der Waals surface area contributed by atoms with E-state index in [0.717, 1.165) is 16.7 Å². The summed E-state index contributed by atoms with van der Waals surface area (Å²) in [5, 5.41) is 3.06. The van der Waals surface area contributed by atoms with Crippen molar-refractivity contribution in [2.45, 2.75) is 32.7 Å². The molecule has 2 heterocycles. The molecule has 1 fully saturated rings. The van der Waals surface area contributed by atoms with Crippen LogP contribution in [-0.4, -0.2) is 40.8 Å². The number of halogens is 1. The molecular formula is C27H28FN3O2. The van der Waals surface area contributed by atoms with E-state index in [9.17, 15) is 14.0 Å². The highest BCUT2D eigenvalue weighted by Gasteiger charge is 2.46. The quantitative estimate of drug-likeness (QED) is 0.608. The van der Waals surface area contributed by atoms with Crippen LogP contribution in [0.3, 0.4) is 0 Å². The van der Waals surface area contributed by atoms with Gasteiger partial charge in [0.15, 0.2) is 0 Å². The van der Waals surface area contributed by atoms with Crippen molar-refractivity contribution in [3.05, 3.63) is 90.0 Å². The molecule has 1 N–H and O–H groups in total. The Hall–Kier alpha value is -3.54. The number of pyridine rings is 1. The Morgan fingerprint density at radius 2 is 1.85 bits per heavy atom. The van der Waals surface area contributed by atoms with E-state index >= 15 is 0 Å². The van der Waals surface area contributed by atoms with E-state index in [1.165, 1.54) is 12.1 Å². The summed E-state index contributed by atoms with van der Waals surface area (Å²) in [7, 11) is 0. The van der Waals surface area contributed by atoms with Crippen molar-refractivity contribution in [2.24, 2.45) is 5.41 Å². The molecule has 170 valence electrons. The Kier molecular flexibility index (Phi) is 6.54. The standard InChI is InChI=1S/C27H28FN3O2/c1-19(2)30-26(33)27(13-15-31(18-27)25(32)24-8-3-4-14-29-24)17-20-6-5-7-22(16-20)21-9-11-23(28)12-10-21/h3-12,14,16,19H,13,15,17-18H2,1-2H3,(H,30,33). The number of hydrogen-bond donors (Lipinski definition) is 1. The number of rotatable bonds is 6. The molecule has 4 rings (SSSR count). The molecular weight excluding hydrogens is 417 g/mol. The molecule has 0 bridgehead atoms. The van der Waals surface area contributed by atoms with Crippen LogP contribution in [0.1, 0.15) is 36.3 Å². The first-order valence-electron chi connectivity index (χ1n) is 11.2. The molecule has 1 aromatic heterocycles. The molecule has 2 amide bonds. The van der Waals surface area contributed by atoms with Crippen molar-refractivity contribution < 1.29 is 14.0 Å². The molecule has 0 aliphatic carbocycles. The Labute approximate surface area is 193 Å². The predicted molar refractivity (Wildman–Crippen MR) is 126 cm³/mol. The lowest BCUT2D eigenvalue weighted by molar-refractivity contribution is -0.130. The maximum absolute atomic E-state index is 13.4. The summed E-state index contributed by atoms with van der Waals surface area (Å²) in [5.74, 6) is -0.473. The summed E-state index contributed by atoms with van der Waals surface area (Å²) in [6, 6.07) is 19.6. The molecule has 0 spiro atoms. The van der Waals surface area contributed by atoms with E-state index < -0.39 is 5.41 Å². The molecule has 5 nitrogen and oxygen atoms in total. The molecule has 2 aromatic carbocycles. The van der Waals surface area contributed by atoms with Crippen molar-refractivity contribution in [1.82, 2.24) is 15.2 Å². The number of carbonyl (C=O) groups excluding carboxylic acids is 2. The van der Waals surface area contributed by atoms with Crippen LogP contribution < -0.4 is 5.32 Å². The van der Waals surface area contributed by atoms with Gasteiger partial charge in [0.25, 0.3) is 5.91 Å². The highest BCUT2D eigenvalue weighted by atomic mass is 19.1. The van der Waals surface area contributed by atoms with Gasteiger partial charge < -0.3 is 10.2 Å². The minimum absolute atomic E-state index is 0.000432. The fraction of sp³-hybridized carbons (Fsp3) is 0.296. The van der Waals surface area contributed by atoms with Crippen molar-refractivity contribution in [1.29, 1.82) is 0 Å². The molecule has 0 radical (unpaired) electrons. The van der Waals surface area contributed by atoms with Crippen LogP contribution in [-0.2, 0) is 11.2 Å². The Balaban J connectivity index is 1.61. The minimum Gasteiger partial charge on any atom is -0.353 e. The maximum Gasteiger partial charge on any atom is 0.272 e. The zero-order valence-corrected chi connectivity index (χ0v) is 18.9. The normalized spacial score (nSPS) is 17.9. The second-order valence-electron chi connectivity index (χ2n) is 8.98. The largest absolute Gasteiger partial charge is 0.353 e. The van der Waals surface area contributed by atoms with Crippen LogP contribution in [0.2, 0.25) is 0 Å². The number of nitrogens with one attached hydrogen (secondary N) is 1. The molecule has 1 unspecified atom stereocenters. The molecule has 1 saturated heterocycles. The molecule has 33 heavy (non-hydrogen) atoms. The fourth-order valence-electron chi connectivity index (χ4n) is 4.42. The zero-order valence-electron chi connectivity index (χ0n) is 18.9. The third-order valence-corrected chi connectivity index (χ3v) is 6.07. The molecule has 3 aromatic rings. The smallest absolute Gasteiger partial charge is 0.272 e. The number of benzene rings is 2. The van der Waals surface area contributed by atoms with E-state index in [0.29, 0.717) is 31.6 Å². The topological polar surface area (TPSA) is 62.3 Å². The van der Waals surface area contributed by atoms with E-state index in [1.807, 2.05) is 38.1 Å². The van der Waals surface area contributed by atoms with Crippen molar-refractivity contribution >= 4 is 11.8 Å². The van der Waals surface area contributed by atoms with Gasteiger partial charge in [0.1, 0.15) is 11.5 Å². The van der Waals surface area contributed by atoms with Crippen LogP contribution in [0.25, 0.3) is 11.1 Å². The SMILES string of the molecule is CC(C)NC(=O)C1(Cc2cccc(-c3ccc(F)cc3)c2)CCN(C(=O)c2ccccn2)C1. The molecule has 0 saturated carbocycles. The van der Waals surface area contributed by atoms with Gasteiger partial charge in [-0.15, -0.1) is 0 Å². The summed E-state index contributed by atoms with van der Waals surface area (Å²) in [6.07, 6.45) is 2.68. The van der Waals surface area contributed by atoms with Gasteiger partial charge in [0.2, 0.25) is 5.91 Å². The van der Waals surface area contributed by atoms with Gasteiger partial charge in [0, 0.05) is 25.3 Å². The van der Waals surface area contributed by atoms with Gasteiger partial charge in [-0.1, -0.05) is 42.5 Å². The maximum atomic E-state index is 13.4. The monoisotopic (exact) mass is 445 g/mol. The van der Waals surface area contributed by atoms with Crippen molar-refractivity contribution in [3.8, 4) is 11.1 Å². The second kappa shape index (κ2) is 9.53. The first-order chi connectivity index (χ1) is 15.9. The fourth-order valence-corrected chi connectivity index (χ4v) is 4.42. The van der Waals surface area contributed by atoms with Crippen molar-refractivity contribution in [2.75, 3.05) is 13.1 Å².